The molecule has 0 aromatic carbocycles. The number of hydrogen-bond donors (Lipinski definition) is 2. The van der Waals surface area contributed by atoms with Crippen LogP contribution in [0.2, 0.25) is 0 Å². The molecule has 2 aromatic heterocycles. The van der Waals surface area contributed by atoms with E-state index in [0.29, 0.717) is 17.8 Å². The number of nitrogens with one attached hydrogen (secondary N) is 2. The molecule has 2 rings (SSSR count). The van der Waals surface area contributed by atoms with Crippen LogP contribution in [-0.2, 0) is 0 Å². The van der Waals surface area contributed by atoms with Gasteiger partial charge in [-0.2, -0.15) is 15.0 Å². The van der Waals surface area contributed by atoms with Crippen LogP contribution in [0, 0.1) is 13.8 Å². The Morgan fingerprint density at radius 1 is 1.14 bits per heavy atom. The zero-order chi connectivity index (χ0) is 15.6. The normalized spacial score (nSPS) is 12.1. The van der Waals surface area contributed by atoms with Gasteiger partial charge in [0, 0.05) is 26.7 Å². The number of rotatable bonds is 5. The third-order valence-electron chi connectivity index (χ3n) is 3.14. The fourth-order valence-corrected chi connectivity index (χ4v) is 2.09. The molecule has 0 bridgehead atoms. The second-order valence-electron chi connectivity index (χ2n) is 5.16. The van der Waals surface area contributed by atoms with E-state index in [1.165, 1.54) is 0 Å². The summed E-state index contributed by atoms with van der Waals surface area (Å²) in [7, 11) is 5.57. The van der Waals surface area contributed by atoms with Gasteiger partial charge in [-0.15, -0.1) is 0 Å². The largest absolute Gasteiger partial charge is 0.466 e. The lowest BCUT2D eigenvalue weighted by Gasteiger charge is -2.16. The predicted octanol–water partition coefficient (Wildman–Crippen LogP) is 2.36. The topological polar surface area (TPSA) is 79.1 Å². The van der Waals surface area contributed by atoms with Gasteiger partial charge in [0.05, 0.1) is 6.04 Å². The Morgan fingerprint density at radius 3 is 2.33 bits per heavy atom. The van der Waals surface area contributed by atoms with Gasteiger partial charge in [0.2, 0.25) is 17.8 Å². The van der Waals surface area contributed by atoms with Crippen LogP contribution in [0.25, 0.3) is 0 Å². The summed E-state index contributed by atoms with van der Waals surface area (Å²) in [5.74, 6) is 3.47. The summed E-state index contributed by atoms with van der Waals surface area (Å²) in [6.45, 7) is 5.95. The highest BCUT2D eigenvalue weighted by molar-refractivity contribution is 5.44. The summed E-state index contributed by atoms with van der Waals surface area (Å²) in [6.07, 6.45) is 0. The van der Waals surface area contributed by atoms with Crippen molar-refractivity contribution >= 4 is 17.8 Å². The van der Waals surface area contributed by atoms with Gasteiger partial charge in [0.25, 0.3) is 0 Å². The van der Waals surface area contributed by atoms with Crippen molar-refractivity contribution in [2.24, 2.45) is 0 Å². The molecule has 0 spiro atoms. The Kier molecular flexibility index (Phi) is 4.30. The van der Waals surface area contributed by atoms with E-state index in [1.807, 2.05) is 38.9 Å². The molecule has 0 aliphatic heterocycles. The number of nitrogens with zero attached hydrogens (tertiary/aromatic N) is 4. The van der Waals surface area contributed by atoms with Crippen molar-refractivity contribution in [1.29, 1.82) is 0 Å². The van der Waals surface area contributed by atoms with Gasteiger partial charge in [-0.25, -0.2) is 0 Å². The predicted molar refractivity (Wildman–Crippen MR) is 83.9 cm³/mol. The van der Waals surface area contributed by atoms with Crippen molar-refractivity contribution in [3.8, 4) is 0 Å². The third-order valence-corrected chi connectivity index (χ3v) is 3.14. The minimum Gasteiger partial charge on any atom is -0.466 e. The highest BCUT2D eigenvalue weighted by Crippen LogP contribution is 2.24. The van der Waals surface area contributed by atoms with Crippen LogP contribution in [0.3, 0.4) is 0 Å². The SMILES string of the molecule is CNc1nc(NC(C)c2cc(C)oc2C)nc(N(C)C)n1. The maximum absolute atomic E-state index is 5.57. The first-order valence-corrected chi connectivity index (χ1v) is 6.85. The van der Waals surface area contributed by atoms with Crippen molar-refractivity contribution in [2.45, 2.75) is 26.8 Å². The van der Waals surface area contributed by atoms with E-state index in [4.69, 9.17) is 4.42 Å². The zero-order valence-corrected chi connectivity index (χ0v) is 13.4. The number of aryl methyl sites for hydroxylation is 2. The number of hydrogen-bond acceptors (Lipinski definition) is 7. The summed E-state index contributed by atoms with van der Waals surface area (Å²) < 4.78 is 5.57. The molecule has 1 atom stereocenters. The lowest BCUT2D eigenvalue weighted by Crippen LogP contribution is -2.17. The van der Waals surface area contributed by atoms with Crippen molar-refractivity contribution in [3.63, 3.8) is 0 Å². The monoisotopic (exact) mass is 290 g/mol. The van der Waals surface area contributed by atoms with E-state index in [1.54, 1.807) is 7.05 Å². The first kappa shape index (κ1) is 15.1. The van der Waals surface area contributed by atoms with E-state index < -0.39 is 0 Å². The van der Waals surface area contributed by atoms with Crippen molar-refractivity contribution in [1.82, 2.24) is 15.0 Å². The number of aromatic nitrogens is 3. The molecule has 0 aliphatic rings. The molecule has 2 aromatic rings. The fraction of sp³-hybridized carbons (Fsp3) is 0.500. The number of anilines is 3. The minimum atomic E-state index is 0.0459. The standard InChI is InChI=1S/C14H22N6O/c1-8-7-11(10(3)21-8)9(2)16-13-17-12(15-4)18-14(19-13)20(5)6/h7,9H,1-6H3,(H2,15,16,17,18,19). The molecule has 0 amide bonds. The van der Waals surface area contributed by atoms with Crippen LogP contribution in [0.4, 0.5) is 17.8 Å². The highest BCUT2D eigenvalue weighted by Gasteiger charge is 2.15. The van der Waals surface area contributed by atoms with Crippen molar-refractivity contribution in [3.05, 3.63) is 23.2 Å². The number of furan rings is 1. The van der Waals surface area contributed by atoms with Gasteiger partial charge in [-0.05, 0) is 26.8 Å². The lowest BCUT2D eigenvalue weighted by atomic mass is 10.1. The molecule has 21 heavy (non-hydrogen) atoms. The molecule has 0 saturated carbocycles. The van der Waals surface area contributed by atoms with Crippen LogP contribution in [0.5, 0.6) is 0 Å². The average molecular weight is 290 g/mol. The van der Waals surface area contributed by atoms with E-state index in [2.05, 4.69) is 32.5 Å². The molecule has 0 aliphatic carbocycles. The molecule has 114 valence electrons. The fourth-order valence-electron chi connectivity index (χ4n) is 2.09. The molecule has 0 saturated heterocycles. The Morgan fingerprint density at radius 2 is 1.81 bits per heavy atom. The first-order chi connectivity index (χ1) is 9.90. The van der Waals surface area contributed by atoms with Crippen molar-refractivity contribution < 1.29 is 4.42 Å². The summed E-state index contributed by atoms with van der Waals surface area (Å²) >= 11 is 0. The summed E-state index contributed by atoms with van der Waals surface area (Å²) in [5.41, 5.74) is 1.10. The molecule has 2 N–H and O–H groups in total. The van der Waals surface area contributed by atoms with Gasteiger partial charge in [0.15, 0.2) is 0 Å². The van der Waals surface area contributed by atoms with Crippen LogP contribution in [-0.4, -0.2) is 36.1 Å². The Hall–Kier alpha value is -2.31. The summed E-state index contributed by atoms with van der Waals surface area (Å²) in [5, 5.41) is 6.24. The lowest BCUT2D eigenvalue weighted by molar-refractivity contribution is 0.499. The molecule has 0 fully saturated rings. The molecular weight excluding hydrogens is 268 g/mol. The van der Waals surface area contributed by atoms with Gasteiger partial charge in [0.1, 0.15) is 11.5 Å². The smallest absolute Gasteiger partial charge is 0.231 e. The third kappa shape index (κ3) is 3.42. The Bertz CT molecular complexity index is 622. The Labute approximate surface area is 124 Å². The van der Waals surface area contributed by atoms with Gasteiger partial charge in [-0.3, -0.25) is 0 Å². The summed E-state index contributed by atoms with van der Waals surface area (Å²) in [4.78, 5) is 14.9. The van der Waals surface area contributed by atoms with Gasteiger partial charge in [-0.1, -0.05) is 0 Å². The van der Waals surface area contributed by atoms with Crippen LogP contribution < -0.4 is 15.5 Å². The average Bonchev–Trinajstić information content (AvgIpc) is 2.77. The molecule has 7 nitrogen and oxygen atoms in total. The molecule has 0 radical (unpaired) electrons. The summed E-state index contributed by atoms with van der Waals surface area (Å²) in [6, 6.07) is 2.07. The molecule has 2 heterocycles. The quantitative estimate of drug-likeness (QED) is 0.875. The van der Waals surface area contributed by atoms with Crippen molar-refractivity contribution in [2.75, 3.05) is 36.7 Å². The maximum atomic E-state index is 5.57. The van der Waals surface area contributed by atoms with E-state index in [-0.39, 0.29) is 6.04 Å². The van der Waals surface area contributed by atoms with Crippen LogP contribution in [0.15, 0.2) is 10.5 Å². The van der Waals surface area contributed by atoms with E-state index >= 15 is 0 Å². The van der Waals surface area contributed by atoms with Crippen LogP contribution >= 0.6 is 0 Å². The Balaban J connectivity index is 2.26. The molecule has 1 unspecified atom stereocenters. The minimum absolute atomic E-state index is 0.0459. The molecule has 7 heteroatoms. The van der Waals surface area contributed by atoms with Gasteiger partial charge >= 0.3 is 0 Å². The zero-order valence-electron chi connectivity index (χ0n) is 13.4. The van der Waals surface area contributed by atoms with Crippen LogP contribution in [0.1, 0.15) is 30.0 Å². The first-order valence-electron chi connectivity index (χ1n) is 6.85. The van der Waals surface area contributed by atoms with E-state index in [9.17, 15) is 0 Å². The second kappa shape index (κ2) is 5.99. The van der Waals surface area contributed by atoms with Gasteiger partial charge < -0.3 is 20.0 Å². The maximum Gasteiger partial charge on any atom is 0.231 e. The van der Waals surface area contributed by atoms with E-state index in [0.717, 1.165) is 17.1 Å². The second-order valence-corrected chi connectivity index (χ2v) is 5.16. The highest BCUT2D eigenvalue weighted by atomic mass is 16.3. The molecular formula is C14H22N6O.